The van der Waals surface area contributed by atoms with Gasteiger partial charge in [-0.25, -0.2) is 0 Å². The fraction of sp³-hybridized carbons (Fsp3) is 0.355. The van der Waals surface area contributed by atoms with Crippen molar-refractivity contribution in [3.05, 3.63) is 94.5 Å². The summed E-state index contributed by atoms with van der Waals surface area (Å²) < 4.78 is 11.8. The molecule has 37 heavy (non-hydrogen) atoms. The Bertz CT molecular complexity index is 1290. The van der Waals surface area contributed by atoms with E-state index in [4.69, 9.17) is 9.47 Å². The van der Waals surface area contributed by atoms with Crippen molar-refractivity contribution in [3.63, 3.8) is 0 Å². The summed E-state index contributed by atoms with van der Waals surface area (Å²) in [6.07, 6.45) is 0.703. The van der Waals surface area contributed by atoms with E-state index in [9.17, 15) is 9.59 Å². The van der Waals surface area contributed by atoms with Gasteiger partial charge in [0.2, 0.25) is 5.91 Å². The van der Waals surface area contributed by atoms with Crippen molar-refractivity contribution in [2.75, 3.05) is 26.3 Å². The minimum absolute atomic E-state index is 0.0201. The first-order valence-corrected chi connectivity index (χ1v) is 13.2. The molecule has 2 aliphatic heterocycles. The summed E-state index contributed by atoms with van der Waals surface area (Å²) in [5, 5.41) is 0. The fourth-order valence-electron chi connectivity index (χ4n) is 5.68. The average Bonchev–Trinajstić information content (AvgIpc) is 2.93. The SMILES string of the molecule is CCOc1cc2c(cc1OCC)C1C(C(=O)N(CC)Cc3ccccc3)c3ccccc3C(=O)N1CC2. The lowest BCUT2D eigenvalue weighted by Gasteiger charge is -2.46. The van der Waals surface area contributed by atoms with Crippen LogP contribution in [0.2, 0.25) is 0 Å². The molecule has 0 spiro atoms. The molecule has 5 rings (SSSR count). The summed E-state index contributed by atoms with van der Waals surface area (Å²) in [6.45, 7) is 8.59. The zero-order valence-corrected chi connectivity index (χ0v) is 21.8. The van der Waals surface area contributed by atoms with Gasteiger partial charge in [-0.15, -0.1) is 0 Å². The lowest BCUT2D eigenvalue weighted by atomic mass is 9.75. The highest BCUT2D eigenvalue weighted by Gasteiger charge is 2.47. The number of fused-ring (bicyclic) bond motifs is 4. The molecular formula is C31H34N2O4. The van der Waals surface area contributed by atoms with Gasteiger partial charge in [-0.05, 0) is 67.6 Å². The monoisotopic (exact) mass is 498 g/mol. The summed E-state index contributed by atoms with van der Waals surface area (Å²) in [4.78, 5) is 31.9. The smallest absolute Gasteiger partial charge is 0.254 e. The highest BCUT2D eigenvalue weighted by molar-refractivity contribution is 6.01. The highest BCUT2D eigenvalue weighted by atomic mass is 16.5. The normalized spacial score (nSPS) is 17.9. The van der Waals surface area contributed by atoms with E-state index >= 15 is 0 Å². The molecule has 0 aliphatic carbocycles. The molecule has 0 bridgehead atoms. The van der Waals surface area contributed by atoms with Crippen LogP contribution < -0.4 is 9.47 Å². The summed E-state index contributed by atoms with van der Waals surface area (Å²) in [6, 6.07) is 21.3. The Morgan fingerprint density at radius 3 is 2.30 bits per heavy atom. The molecule has 2 atom stereocenters. The van der Waals surface area contributed by atoms with Crippen molar-refractivity contribution in [3.8, 4) is 11.5 Å². The lowest BCUT2D eigenvalue weighted by molar-refractivity contribution is -0.135. The van der Waals surface area contributed by atoms with E-state index in [2.05, 4.69) is 0 Å². The highest BCUT2D eigenvalue weighted by Crippen LogP contribution is 2.49. The van der Waals surface area contributed by atoms with Crippen LogP contribution in [0, 0.1) is 0 Å². The Kier molecular flexibility index (Phi) is 7.17. The number of hydrogen-bond acceptors (Lipinski definition) is 4. The van der Waals surface area contributed by atoms with Crippen LogP contribution in [0.15, 0.2) is 66.7 Å². The quantitative estimate of drug-likeness (QED) is 0.419. The standard InChI is InChI=1S/C31H34N2O4/c1-4-32(20-21-12-8-7-9-13-21)31(35)28-23-14-10-11-15-24(23)30(34)33-17-16-22-18-26(36-5-2)27(37-6-3)19-25(22)29(28)33/h7-15,18-19,28-29H,4-6,16-17,20H2,1-3H3. The summed E-state index contributed by atoms with van der Waals surface area (Å²) in [7, 11) is 0. The van der Waals surface area contributed by atoms with E-state index < -0.39 is 12.0 Å². The predicted molar refractivity (Wildman–Crippen MR) is 143 cm³/mol. The van der Waals surface area contributed by atoms with E-state index in [-0.39, 0.29) is 11.8 Å². The Labute approximate surface area is 218 Å². The van der Waals surface area contributed by atoms with E-state index in [0.717, 1.165) is 22.3 Å². The molecular weight excluding hydrogens is 464 g/mol. The molecule has 0 saturated heterocycles. The van der Waals surface area contributed by atoms with E-state index in [1.807, 2.05) is 97.3 Å². The summed E-state index contributed by atoms with van der Waals surface area (Å²) in [5.41, 5.74) is 4.57. The van der Waals surface area contributed by atoms with Gasteiger partial charge in [0.05, 0.1) is 25.2 Å². The van der Waals surface area contributed by atoms with E-state index in [0.29, 0.717) is 56.3 Å². The number of benzene rings is 3. The van der Waals surface area contributed by atoms with Crippen LogP contribution in [-0.2, 0) is 17.8 Å². The van der Waals surface area contributed by atoms with E-state index in [1.165, 1.54) is 0 Å². The Balaban J connectivity index is 1.63. The first-order chi connectivity index (χ1) is 18.1. The van der Waals surface area contributed by atoms with Crippen molar-refractivity contribution in [2.24, 2.45) is 0 Å². The van der Waals surface area contributed by atoms with Gasteiger partial charge in [-0.2, -0.15) is 0 Å². The molecule has 2 aliphatic rings. The van der Waals surface area contributed by atoms with E-state index in [1.54, 1.807) is 0 Å². The van der Waals surface area contributed by atoms with Gasteiger partial charge in [-0.1, -0.05) is 48.5 Å². The number of carbonyl (C=O) groups excluding carboxylic acids is 2. The molecule has 0 fully saturated rings. The van der Waals surface area contributed by atoms with Crippen molar-refractivity contribution < 1.29 is 19.1 Å². The number of hydrogen-bond donors (Lipinski definition) is 0. The van der Waals surface area contributed by atoms with Crippen LogP contribution in [0.1, 0.15) is 65.3 Å². The molecule has 3 aromatic carbocycles. The predicted octanol–water partition coefficient (Wildman–Crippen LogP) is 5.37. The number of rotatable bonds is 8. The second kappa shape index (κ2) is 10.7. The maximum Gasteiger partial charge on any atom is 0.254 e. The first kappa shape index (κ1) is 24.9. The Morgan fingerprint density at radius 1 is 0.919 bits per heavy atom. The second-order valence-electron chi connectivity index (χ2n) is 9.46. The van der Waals surface area contributed by atoms with Crippen molar-refractivity contribution in [1.29, 1.82) is 0 Å². The topological polar surface area (TPSA) is 59.1 Å². The van der Waals surface area contributed by atoms with Gasteiger partial charge in [-0.3, -0.25) is 9.59 Å². The number of nitrogens with zero attached hydrogens (tertiary/aromatic N) is 2. The molecule has 0 aromatic heterocycles. The maximum atomic E-state index is 14.4. The zero-order chi connectivity index (χ0) is 25.9. The van der Waals surface area contributed by atoms with Crippen LogP contribution in [-0.4, -0.2) is 47.9 Å². The molecule has 192 valence electrons. The Hall–Kier alpha value is -3.80. The maximum absolute atomic E-state index is 14.4. The van der Waals surface area contributed by atoms with Crippen LogP contribution in [0.4, 0.5) is 0 Å². The van der Waals surface area contributed by atoms with Crippen molar-refractivity contribution in [1.82, 2.24) is 9.80 Å². The Morgan fingerprint density at radius 2 is 1.59 bits per heavy atom. The molecule has 3 aromatic rings. The van der Waals surface area contributed by atoms with Gasteiger partial charge in [0.25, 0.3) is 5.91 Å². The third-order valence-corrected chi connectivity index (χ3v) is 7.36. The number of ether oxygens (including phenoxy) is 2. The summed E-state index contributed by atoms with van der Waals surface area (Å²) >= 11 is 0. The van der Waals surface area contributed by atoms with Gasteiger partial charge in [0.15, 0.2) is 11.5 Å². The van der Waals surface area contributed by atoms with Crippen molar-refractivity contribution in [2.45, 2.75) is 45.7 Å². The van der Waals surface area contributed by atoms with Gasteiger partial charge >= 0.3 is 0 Å². The molecule has 6 heteroatoms. The fourth-order valence-corrected chi connectivity index (χ4v) is 5.68. The molecule has 0 radical (unpaired) electrons. The molecule has 2 amide bonds. The van der Waals surface area contributed by atoms with Crippen molar-refractivity contribution >= 4 is 11.8 Å². The largest absolute Gasteiger partial charge is 0.490 e. The summed E-state index contributed by atoms with van der Waals surface area (Å²) in [5.74, 6) is 0.860. The van der Waals surface area contributed by atoms with Gasteiger partial charge < -0.3 is 19.3 Å². The molecule has 2 unspecified atom stereocenters. The van der Waals surface area contributed by atoms with Gasteiger partial charge in [0, 0.05) is 25.2 Å². The number of likely N-dealkylation sites (N-methyl/N-ethyl adjacent to an activating group) is 1. The molecule has 0 N–H and O–H groups in total. The minimum atomic E-state index is -0.510. The van der Waals surface area contributed by atoms with Gasteiger partial charge in [0.1, 0.15) is 0 Å². The third kappa shape index (κ3) is 4.57. The van der Waals surface area contributed by atoms with Crippen LogP contribution >= 0.6 is 0 Å². The average molecular weight is 499 g/mol. The third-order valence-electron chi connectivity index (χ3n) is 7.36. The van der Waals surface area contributed by atoms with Crippen LogP contribution in [0.3, 0.4) is 0 Å². The number of carbonyl (C=O) groups is 2. The minimum Gasteiger partial charge on any atom is -0.490 e. The number of amides is 2. The first-order valence-electron chi connectivity index (χ1n) is 13.2. The second-order valence-corrected chi connectivity index (χ2v) is 9.46. The molecule has 6 nitrogen and oxygen atoms in total. The van der Waals surface area contributed by atoms with Crippen LogP contribution in [0.25, 0.3) is 0 Å². The zero-order valence-electron chi connectivity index (χ0n) is 21.8. The molecule has 2 heterocycles. The lowest BCUT2D eigenvalue weighted by Crippen LogP contribution is -2.50. The van der Waals surface area contributed by atoms with Crippen LogP contribution in [0.5, 0.6) is 11.5 Å². The molecule has 0 saturated carbocycles.